The van der Waals surface area contributed by atoms with Crippen LogP contribution >= 0.6 is 0 Å². The Hall–Kier alpha value is -1.65. The number of nitrogens with one attached hydrogen (secondary N) is 1. The lowest BCUT2D eigenvalue weighted by molar-refractivity contribution is -0.153. The van der Waals surface area contributed by atoms with E-state index in [9.17, 15) is 4.79 Å². The Morgan fingerprint density at radius 3 is 2.56 bits per heavy atom. The Kier molecular flexibility index (Phi) is 2.77. The molecule has 2 rings (SSSR count). The van der Waals surface area contributed by atoms with Gasteiger partial charge in [-0.1, -0.05) is 6.42 Å². The van der Waals surface area contributed by atoms with Crippen LogP contribution in [0.3, 0.4) is 0 Å². The van der Waals surface area contributed by atoms with Crippen molar-refractivity contribution < 1.29 is 9.90 Å². The normalized spacial score (nSPS) is 17.6. The highest BCUT2D eigenvalue weighted by Crippen LogP contribution is 2.40. The van der Waals surface area contributed by atoms with Crippen LogP contribution in [0.15, 0.2) is 12.4 Å². The van der Waals surface area contributed by atoms with Crippen LogP contribution in [0.2, 0.25) is 0 Å². The summed E-state index contributed by atoms with van der Waals surface area (Å²) in [5.41, 5.74) is 0.385. The van der Waals surface area contributed by atoms with Crippen molar-refractivity contribution in [3.63, 3.8) is 0 Å². The van der Waals surface area contributed by atoms with E-state index in [0.29, 0.717) is 12.5 Å². The molecule has 0 aliphatic heterocycles. The van der Waals surface area contributed by atoms with E-state index >= 15 is 0 Å². The van der Waals surface area contributed by atoms with Gasteiger partial charge in [0, 0.05) is 18.9 Å². The molecule has 2 N–H and O–H groups in total. The highest BCUT2D eigenvalue weighted by Gasteiger charge is 2.44. The van der Waals surface area contributed by atoms with Crippen molar-refractivity contribution in [2.24, 2.45) is 5.41 Å². The van der Waals surface area contributed by atoms with Gasteiger partial charge in [-0.2, -0.15) is 0 Å². The molecule has 5 heteroatoms. The summed E-state index contributed by atoms with van der Waals surface area (Å²) in [7, 11) is 0. The SMILES string of the molecule is Cc1cnc(NCC2(C(=O)O)CCC2)nc1. The van der Waals surface area contributed by atoms with E-state index < -0.39 is 11.4 Å². The summed E-state index contributed by atoms with van der Waals surface area (Å²) in [5.74, 6) is -0.225. The largest absolute Gasteiger partial charge is 0.481 e. The van der Waals surface area contributed by atoms with Crippen LogP contribution in [0.25, 0.3) is 0 Å². The van der Waals surface area contributed by atoms with E-state index in [1.54, 1.807) is 12.4 Å². The molecule has 0 saturated heterocycles. The first-order valence-electron chi connectivity index (χ1n) is 5.38. The van der Waals surface area contributed by atoms with Gasteiger partial charge in [0.1, 0.15) is 0 Å². The standard InChI is InChI=1S/C11H15N3O2/c1-8-5-12-10(13-6-8)14-7-11(9(15)16)3-2-4-11/h5-6H,2-4,7H2,1H3,(H,15,16)(H,12,13,14). The van der Waals surface area contributed by atoms with Gasteiger partial charge >= 0.3 is 5.97 Å². The molecule has 16 heavy (non-hydrogen) atoms. The maximum absolute atomic E-state index is 11.1. The number of nitrogens with zero attached hydrogens (tertiary/aromatic N) is 2. The molecule has 1 saturated carbocycles. The van der Waals surface area contributed by atoms with Crippen molar-refractivity contribution in [2.45, 2.75) is 26.2 Å². The first kappa shape index (κ1) is 10.9. The zero-order chi connectivity index (χ0) is 11.6. The maximum atomic E-state index is 11.1. The minimum Gasteiger partial charge on any atom is -0.481 e. The predicted molar refractivity (Wildman–Crippen MR) is 59.2 cm³/mol. The number of carboxylic acid groups (broad SMARTS) is 1. The highest BCUT2D eigenvalue weighted by molar-refractivity contribution is 5.76. The predicted octanol–water partition coefficient (Wildman–Crippen LogP) is 1.45. The third kappa shape index (κ3) is 1.98. The van der Waals surface area contributed by atoms with Gasteiger partial charge in [-0.05, 0) is 25.3 Å². The van der Waals surface area contributed by atoms with Gasteiger partial charge in [-0.15, -0.1) is 0 Å². The van der Waals surface area contributed by atoms with Crippen LogP contribution in [0.1, 0.15) is 24.8 Å². The monoisotopic (exact) mass is 221 g/mol. The molecule has 5 nitrogen and oxygen atoms in total. The second-order valence-corrected chi connectivity index (χ2v) is 4.38. The first-order chi connectivity index (χ1) is 7.62. The number of anilines is 1. The Labute approximate surface area is 93.9 Å². The van der Waals surface area contributed by atoms with Crippen LogP contribution in [0, 0.1) is 12.3 Å². The van der Waals surface area contributed by atoms with Gasteiger partial charge in [-0.3, -0.25) is 4.79 Å². The molecular formula is C11H15N3O2. The molecule has 1 fully saturated rings. The van der Waals surface area contributed by atoms with E-state index in [2.05, 4.69) is 15.3 Å². The van der Waals surface area contributed by atoms with E-state index in [-0.39, 0.29) is 0 Å². The lowest BCUT2D eigenvalue weighted by atomic mass is 9.69. The Morgan fingerprint density at radius 1 is 1.50 bits per heavy atom. The van der Waals surface area contributed by atoms with Crippen molar-refractivity contribution in [1.29, 1.82) is 0 Å². The topological polar surface area (TPSA) is 75.1 Å². The van der Waals surface area contributed by atoms with Crippen molar-refractivity contribution in [3.8, 4) is 0 Å². The molecule has 0 amide bonds. The van der Waals surface area contributed by atoms with Crippen molar-refractivity contribution in [2.75, 3.05) is 11.9 Å². The van der Waals surface area contributed by atoms with Crippen LogP contribution in [-0.4, -0.2) is 27.6 Å². The summed E-state index contributed by atoms with van der Waals surface area (Å²) in [6.45, 7) is 2.32. The minimum absolute atomic E-state index is 0.408. The summed E-state index contributed by atoms with van der Waals surface area (Å²) in [6, 6.07) is 0. The van der Waals surface area contributed by atoms with Crippen LogP contribution in [0.5, 0.6) is 0 Å². The third-order valence-electron chi connectivity index (χ3n) is 3.13. The third-order valence-corrected chi connectivity index (χ3v) is 3.13. The quantitative estimate of drug-likeness (QED) is 0.804. The zero-order valence-corrected chi connectivity index (χ0v) is 9.23. The smallest absolute Gasteiger partial charge is 0.311 e. The summed E-state index contributed by atoms with van der Waals surface area (Å²) in [5, 5.41) is 12.1. The molecule has 0 spiro atoms. The average molecular weight is 221 g/mol. The number of carbonyl (C=O) groups is 1. The van der Waals surface area contributed by atoms with Gasteiger partial charge < -0.3 is 10.4 Å². The molecule has 1 aliphatic rings. The van der Waals surface area contributed by atoms with Gasteiger partial charge in [0.05, 0.1) is 5.41 Å². The molecule has 0 aromatic carbocycles. The van der Waals surface area contributed by atoms with E-state index in [4.69, 9.17) is 5.11 Å². The average Bonchev–Trinajstić information content (AvgIpc) is 2.18. The summed E-state index contributed by atoms with van der Waals surface area (Å²) < 4.78 is 0. The number of aromatic nitrogens is 2. The van der Waals surface area contributed by atoms with Crippen molar-refractivity contribution in [3.05, 3.63) is 18.0 Å². The Morgan fingerprint density at radius 2 is 2.12 bits per heavy atom. The number of aliphatic carboxylic acids is 1. The second-order valence-electron chi connectivity index (χ2n) is 4.38. The minimum atomic E-state index is -0.724. The van der Waals surface area contributed by atoms with Gasteiger partial charge in [0.2, 0.25) is 5.95 Å². The van der Waals surface area contributed by atoms with Crippen LogP contribution in [-0.2, 0) is 4.79 Å². The summed E-state index contributed by atoms with van der Waals surface area (Å²) in [6.07, 6.45) is 5.89. The van der Waals surface area contributed by atoms with Crippen molar-refractivity contribution >= 4 is 11.9 Å². The fourth-order valence-corrected chi connectivity index (χ4v) is 1.80. The molecule has 1 aliphatic carbocycles. The number of carboxylic acids is 1. The molecule has 0 bridgehead atoms. The molecule has 1 heterocycles. The van der Waals surface area contributed by atoms with E-state index in [1.165, 1.54) is 0 Å². The van der Waals surface area contributed by atoms with Gasteiger partial charge in [0.25, 0.3) is 0 Å². The molecular weight excluding hydrogens is 206 g/mol. The zero-order valence-electron chi connectivity index (χ0n) is 9.23. The van der Waals surface area contributed by atoms with E-state index in [1.807, 2.05) is 6.92 Å². The summed E-state index contributed by atoms with van der Waals surface area (Å²) in [4.78, 5) is 19.3. The Balaban J connectivity index is 1.96. The second kappa shape index (κ2) is 4.08. The maximum Gasteiger partial charge on any atom is 0.311 e. The molecule has 1 aromatic heterocycles. The molecule has 1 aromatic rings. The number of hydrogen-bond acceptors (Lipinski definition) is 4. The lowest BCUT2D eigenvalue weighted by Gasteiger charge is -2.37. The Bertz CT molecular complexity index is 385. The fourth-order valence-electron chi connectivity index (χ4n) is 1.80. The molecule has 0 radical (unpaired) electrons. The van der Waals surface area contributed by atoms with Crippen LogP contribution in [0.4, 0.5) is 5.95 Å². The molecule has 0 unspecified atom stereocenters. The number of rotatable bonds is 4. The molecule has 86 valence electrons. The van der Waals surface area contributed by atoms with E-state index in [0.717, 1.165) is 24.8 Å². The highest BCUT2D eigenvalue weighted by atomic mass is 16.4. The summed E-state index contributed by atoms with van der Waals surface area (Å²) >= 11 is 0. The lowest BCUT2D eigenvalue weighted by Crippen LogP contribution is -2.43. The van der Waals surface area contributed by atoms with Crippen molar-refractivity contribution in [1.82, 2.24) is 9.97 Å². The van der Waals surface area contributed by atoms with Gasteiger partial charge in [0.15, 0.2) is 0 Å². The van der Waals surface area contributed by atoms with Crippen LogP contribution < -0.4 is 5.32 Å². The first-order valence-corrected chi connectivity index (χ1v) is 5.38. The molecule has 0 atom stereocenters. The number of aryl methyl sites for hydroxylation is 1. The number of hydrogen-bond donors (Lipinski definition) is 2. The fraction of sp³-hybridized carbons (Fsp3) is 0.545. The van der Waals surface area contributed by atoms with Gasteiger partial charge in [-0.25, -0.2) is 9.97 Å².